The second kappa shape index (κ2) is 9.37. The van der Waals surface area contributed by atoms with Gasteiger partial charge in [-0.25, -0.2) is 0 Å². The van der Waals surface area contributed by atoms with Gasteiger partial charge < -0.3 is 5.32 Å². The van der Waals surface area contributed by atoms with Crippen LogP contribution >= 0.6 is 0 Å². The van der Waals surface area contributed by atoms with Crippen molar-refractivity contribution in [3.05, 3.63) is 162 Å². The fourth-order valence-electron chi connectivity index (χ4n) is 6.44. The van der Waals surface area contributed by atoms with E-state index in [1.165, 1.54) is 59.8 Å². The van der Waals surface area contributed by atoms with Crippen LogP contribution in [0.15, 0.2) is 146 Å². The minimum Gasteiger partial charge on any atom is -0.366 e. The van der Waals surface area contributed by atoms with Crippen molar-refractivity contribution in [1.82, 2.24) is 10.6 Å². The third-order valence-electron chi connectivity index (χ3n) is 8.32. The van der Waals surface area contributed by atoms with Gasteiger partial charge in [-0.2, -0.15) is 0 Å². The van der Waals surface area contributed by atoms with Crippen LogP contribution in [-0.4, -0.2) is 0 Å². The van der Waals surface area contributed by atoms with Crippen LogP contribution in [0.2, 0.25) is 0 Å². The van der Waals surface area contributed by atoms with Gasteiger partial charge in [0.2, 0.25) is 0 Å². The van der Waals surface area contributed by atoms with E-state index in [0.29, 0.717) is 0 Å². The standard InChI is InChI=1S/C38H28N2/c1-2-13-27(14-3-1)35-24-36(32-20-10-16-25-11-4-7-17-29(25)32)40-38(39-35)37-31-19-9-6-15-28(31)23-34-30-18-8-5-12-26(30)21-22-33(34)37/h1-24,35,38-40H. The predicted molar refractivity (Wildman–Crippen MR) is 169 cm³/mol. The molecule has 2 unspecified atom stereocenters. The quantitative estimate of drug-likeness (QED) is 0.182. The molecule has 1 aliphatic heterocycles. The molecule has 0 fully saturated rings. The minimum atomic E-state index is -0.0982. The third kappa shape index (κ3) is 3.77. The molecule has 0 spiro atoms. The van der Waals surface area contributed by atoms with Gasteiger partial charge in [0.15, 0.2) is 0 Å². The highest BCUT2D eigenvalue weighted by molar-refractivity contribution is 6.14. The number of nitrogens with one attached hydrogen (secondary N) is 2. The molecule has 0 saturated carbocycles. The second-order valence-corrected chi connectivity index (χ2v) is 10.6. The van der Waals surface area contributed by atoms with Gasteiger partial charge in [0.05, 0.1) is 6.04 Å². The fraction of sp³-hybridized carbons (Fsp3) is 0.0526. The zero-order chi connectivity index (χ0) is 26.5. The van der Waals surface area contributed by atoms with Gasteiger partial charge in [-0.05, 0) is 60.8 Å². The summed E-state index contributed by atoms with van der Waals surface area (Å²) in [5.74, 6) is 0. The first-order chi connectivity index (χ1) is 19.8. The predicted octanol–water partition coefficient (Wildman–Crippen LogP) is 9.27. The fourth-order valence-corrected chi connectivity index (χ4v) is 6.44. The summed E-state index contributed by atoms with van der Waals surface area (Å²) in [6.07, 6.45) is 2.25. The van der Waals surface area contributed by atoms with Gasteiger partial charge in [-0.3, -0.25) is 5.32 Å². The smallest absolute Gasteiger partial charge is 0.105 e. The van der Waals surface area contributed by atoms with Crippen LogP contribution in [0.25, 0.3) is 48.8 Å². The van der Waals surface area contributed by atoms with Crippen molar-refractivity contribution in [2.75, 3.05) is 0 Å². The third-order valence-corrected chi connectivity index (χ3v) is 8.32. The largest absolute Gasteiger partial charge is 0.366 e. The Bertz CT molecular complexity index is 2070. The number of fused-ring (bicyclic) bond motifs is 5. The van der Waals surface area contributed by atoms with E-state index in [-0.39, 0.29) is 12.2 Å². The zero-order valence-electron chi connectivity index (χ0n) is 22.0. The van der Waals surface area contributed by atoms with E-state index in [0.717, 1.165) is 5.70 Å². The van der Waals surface area contributed by atoms with Gasteiger partial charge in [0.25, 0.3) is 0 Å². The lowest BCUT2D eigenvalue weighted by atomic mass is 9.90. The lowest BCUT2D eigenvalue weighted by Crippen LogP contribution is -2.39. The van der Waals surface area contributed by atoms with Crippen molar-refractivity contribution in [2.24, 2.45) is 0 Å². The monoisotopic (exact) mass is 512 g/mol. The Morgan fingerprint density at radius 1 is 0.450 bits per heavy atom. The molecule has 0 radical (unpaired) electrons. The van der Waals surface area contributed by atoms with E-state index in [4.69, 9.17) is 0 Å². The summed E-state index contributed by atoms with van der Waals surface area (Å²) in [6, 6.07) is 50.5. The zero-order valence-corrected chi connectivity index (χ0v) is 22.0. The van der Waals surface area contributed by atoms with Gasteiger partial charge in [-0.1, -0.05) is 133 Å². The van der Waals surface area contributed by atoms with E-state index >= 15 is 0 Å². The molecule has 2 heteroatoms. The van der Waals surface area contributed by atoms with Gasteiger partial charge in [0.1, 0.15) is 6.17 Å². The Morgan fingerprint density at radius 3 is 1.93 bits per heavy atom. The lowest BCUT2D eigenvalue weighted by molar-refractivity contribution is 0.447. The Labute approximate surface area is 233 Å². The van der Waals surface area contributed by atoms with Crippen LogP contribution in [0, 0.1) is 0 Å². The Balaban J connectivity index is 1.38. The maximum absolute atomic E-state index is 3.98. The molecular weight excluding hydrogens is 484 g/mol. The summed E-state index contributed by atoms with van der Waals surface area (Å²) in [6.45, 7) is 0. The number of benzene rings is 7. The highest BCUT2D eigenvalue weighted by Gasteiger charge is 2.27. The molecule has 190 valence electrons. The topological polar surface area (TPSA) is 24.1 Å². The molecule has 0 bridgehead atoms. The van der Waals surface area contributed by atoms with E-state index < -0.39 is 0 Å². The van der Waals surface area contributed by atoms with Crippen LogP contribution in [0.5, 0.6) is 0 Å². The van der Waals surface area contributed by atoms with E-state index in [1.54, 1.807) is 0 Å². The highest BCUT2D eigenvalue weighted by atomic mass is 15.2. The Hall–Kier alpha value is -4.92. The van der Waals surface area contributed by atoms with Crippen LogP contribution in [0.3, 0.4) is 0 Å². The normalized spacial score (nSPS) is 17.2. The molecule has 0 aromatic heterocycles. The van der Waals surface area contributed by atoms with Crippen molar-refractivity contribution in [3.8, 4) is 0 Å². The van der Waals surface area contributed by atoms with Crippen molar-refractivity contribution in [1.29, 1.82) is 0 Å². The van der Waals surface area contributed by atoms with Crippen molar-refractivity contribution < 1.29 is 0 Å². The molecule has 2 nitrogen and oxygen atoms in total. The summed E-state index contributed by atoms with van der Waals surface area (Å²) < 4.78 is 0. The summed E-state index contributed by atoms with van der Waals surface area (Å²) in [5, 5.41) is 18.1. The minimum absolute atomic E-state index is 0.0518. The molecular formula is C38H28N2. The van der Waals surface area contributed by atoms with Crippen LogP contribution < -0.4 is 10.6 Å². The van der Waals surface area contributed by atoms with Gasteiger partial charge in [0, 0.05) is 16.8 Å². The maximum Gasteiger partial charge on any atom is 0.105 e. The van der Waals surface area contributed by atoms with Crippen LogP contribution in [0.4, 0.5) is 0 Å². The van der Waals surface area contributed by atoms with Gasteiger partial charge in [-0.15, -0.1) is 0 Å². The molecule has 1 heterocycles. The number of hydrogen-bond acceptors (Lipinski definition) is 2. The average molecular weight is 513 g/mol. The van der Waals surface area contributed by atoms with Crippen LogP contribution in [0.1, 0.15) is 28.9 Å². The Kier molecular flexibility index (Phi) is 5.39. The molecule has 2 atom stereocenters. The van der Waals surface area contributed by atoms with E-state index in [2.05, 4.69) is 156 Å². The SMILES string of the molecule is C1=C(c2cccc3ccccc23)NC(c2c3ccccc3cc3c2ccc2ccccc23)NC1c1ccccc1. The summed E-state index contributed by atoms with van der Waals surface area (Å²) in [4.78, 5) is 0. The molecule has 7 aromatic carbocycles. The van der Waals surface area contributed by atoms with Crippen LogP contribution in [-0.2, 0) is 0 Å². The first-order valence-corrected chi connectivity index (χ1v) is 13.9. The maximum atomic E-state index is 3.98. The van der Waals surface area contributed by atoms with Crippen molar-refractivity contribution in [2.45, 2.75) is 12.2 Å². The molecule has 0 saturated heterocycles. The first kappa shape index (κ1) is 23.0. The molecule has 1 aliphatic rings. The molecule has 0 aliphatic carbocycles. The van der Waals surface area contributed by atoms with Crippen molar-refractivity contribution >= 4 is 48.8 Å². The molecule has 2 N–H and O–H groups in total. The average Bonchev–Trinajstić information content (AvgIpc) is 3.03. The molecule has 0 amide bonds. The second-order valence-electron chi connectivity index (χ2n) is 10.6. The lowest BCUT2D eigenvalue weighted by Gasteiger charge is -2.35. The first-order valence-electron chi connectivity index (χ1n) is 13.9. The molecule has 7 aromatic rings. The summed E-state index contributed by atoms with van der Waals surface area (Å²) in [5.41, 5.74) is 4.91. The van der Waals surface area contributed by atoms with Gasteiger partial charge >= 0.3 is 0 Å². The van der Waals surface area contributed by atoms with E-state index in [1.807, 2.05) is 0 Å². The Morgan fingerprint density at radius 2 is 1.10 bits per heavy atom. The molecule has 8 rings (SSSR count). The van der Waals surface area contributed by atoms with E-state index in [9.17, 15) is 0 Å². The van der Waals surface area contributed by atoms with Crippen molar-refractivity contribution in [3.63, 3.8) is 0 Å². The summed E-state index contributed by atoms with van der Waals surface area (Å²) in [7, 11) is 0. The highest BCUT2D eigenvalue weighted by Crippen LogP contribution is 2.39. The number of rotatable bonds is 3. The number of hydrogen-bond donors (Lipinski definition) is 2. The molecule has 40 heavy (non-hydrogen) atoms. The summed E-state index contributed by atoms with van der Waals surface area (Å²) >= 11 is 0.